The van der Waals surface area contributed by atoms with E-state index in [-0.39, 0.29) is 0 Å². The minimum absolute atomic E-state index is 0.501. The summed E-state index contributed by atoms with van der Waals surface area (Å²) >= 11 is 0. The standard InChI is InChI=1S/C12H19NO/c1-5-10(3)13-12-8-11(14-4)7-6-9(12)2/h6-8,10,13H,5H2,1-4H3. The lowest BCUT2D eigenvalue weighted by Gasteiger charge is -2.15. The molecule has 1 N–H and O–H groups in total. The zero-order chi connectivity index (χ0) is 10.6. The van der Waals surface area contributed by atoms with Crippen LogP contribution in [0.2, 0.25) is 0 Å². The lowest BCUT2D eigenvalue weighted by atomic mass is 10.1. The van der Waals surface area contributed by atoms with Crippen molar-refractivity contribution in [2.45, 2.75) is 33.2 Å². The minimum atomic E-state index is 0.501. The fraction of sp³-hybridized carbons (Fsp3) is 0.500. The molecule has 0 fully saturated rings. The maximum atomic E-state index is 5.19. The molecule has 0 saturated heterocycles. The molecule has 1 aromatic carbocycles. The first-order valence-electron chi connectivity index (χ1n) is 5.08. The molecule has 1 unspecified atom stereocenters. The van der Waals surface area contributed by atoms with E-state index in [2.05, 4.69) is 32.2 Å². The molecule has 2 nitrogen and oxygen atoms in total. The number of benzene rings is 1. The maximum Gasteiger partial charge on any atom is 0.120 e. The Morgan fingerprint density at radius 2 is 2.14 bits per heavy atom. The van der Waals surface area contributed by atoms with E-state index < -0.39 is 0 Å². The Morgan fingerprint density at radius 1 is 1.43 bits per heavy atom. The highest BCUT2D eigenvalue weighted by molar-refractivity contribution is 5.55. The summed E-state index contributed by atoms with van der Waals surface area (Å²) in [6.07, 6.45) is 1.12. The molecule has 0 aromatic heterocycles. The number of rotatable bonds is 4. The SMILES string of the molecule is CCC(C)Nc1cc(OC)ccc1C. The molecule has 2 heteroatoms. The molecule has 1 aromatic rings. The van der Waals surface area contributed by atoms with Crippen LogP contribution in [-0.2, 0) is 0 Å². The van der Waals surface area contributed by atoms with E-state index in [0.717, 1.165) is 12.2 Å². The molecule has 0 amide bonds. The second-order valence-electron chi connectivity index (χ2n) is 3.63. The number of methoxy groups -OCH3 is 1. The highest BCUT2D eigenvalue weighted by Crippen LogP contribution is 2.22. The lowest BCUT2D eigenvalue weighted by Crippen LogP contribution is -2.14. The van der Waals surface area contributed by atoms with Gasteiger partial charge in [-0.25, -0.2) is 0 Å². The van der Waals surface area contributed by atoms with Gasteiger partial charge in [0.05, 0.1) is 7.11 Å². The van der Waals surface area contributed by atoms with Crippen LogP contribution in [0.15, 0.2) is 18.2 Å². The number of hydrogen-bond donors (Lipinski definition) is 1. The maximum absolute atomic E-state index is 5.19. The van der Waals surface area contributed by atoms with Gasteiger partial charge in [-0.1, -0.05) is 13.0 Å². The molecule has 0 aliphatic rings. The van der Waals surface area contributed by atoms with Gasteiger partial charge in [-0.05, 0) is 31.9 Å². The van der Waals surface area contributed by atoms with Crippen molar-refractivity contribution in [1.29, 1.82) is 0 Å². The van der Waals surface area contributed by atoms with Crippen LogP contribution in [0.25, 0.3) is 0 Å². The highest BCUT2D eigenvalue weighted by Gasteiger charge is 2.03. The van der Waals surface area contributed by atoms with Crippen molar-refractivity contribution in [3.63, 3.8) is 0 Å². The summed E-state index contributed by atoms with van der Waals surface area (Å²) in [6, 6.07) is 6.60. The second kappa shape index (κ2) is 4.89. The van der Waals surface area contributed by atoms with Crippen LogP contribution in [-0.4, -0.2) is 13.2 Å². The minimum Gasteiger partial charge on any atom is -0.497 e. The van der Waals surface area contributed by atoms with Crippen molar-refractivity contribution in [2.24, 2.45) is 0 Å². The van der Waals surface area contributed by atoms with Gasteiger partial charge in [0, 0.05) is 17.8 Å². The predicted octanol–water partition coefficient (Wildman–Crippen LogP) is 3.21. The normalized spacial score (nSPS) is 12.3. The zero-order valence-electron chi connectivity index (χ0n) is 9.42. The average molecular weight is 193 g/mol. The van der Waals surface area contributed by atoms with Crippen molar-refractivity contribution < 1.29 is 4.74 Å². The molecule has 1 rings (SSSR count). The van der Waals surface area contributed by atoms with E-state index in [1.807, 2.05) is 12.1 Å². The molecular weight excluding hydrogens is 174 g/mol. The van der Waals surface area contributed by atoms with Crippen LogP contribution in [0.1, 0.15) is 25.8 Å². The molecule has 0 spiro atoms. The number of anilines is 1. The van der Waals surface area contributed by atoms with Crippen LogP contribution >= 0.6 is 0 Å². The Labute approximate surface area is 86.3 Å². The quantitative estimate of drug-likeness (QED) is 0.792. The van der Waals surface area contributed by atoms with E-state index in [1.165, 1.54) is 11.3 Å². The number of aryl methyl sites for hydroxylation is 1. The number of ether oxygens (including phenoxy) is 1. The van der Waals surface area contributed by atoms with Gasteiger partial charge in [-0.15, -0.1) is 0 Å². The Morgan fingerprint density at radius 3 is 2.71 bits per heavy atom. The van der Waals surface area contributed by atoms with Crippen molar-refractivity contribution in [3.8, 4) is 5.75 Å². The van der Waals surface area contributed by atoms with E-state index in [9.17, 15) is 0 Å². The van der Waals surface area contributed by atoms with E-state index in [4.69, 9.17) is 4.74 Å². The summed E-state index contributed by atoms with van der Waals surface area (Å²) in [7, 11) is 1.69. The largest absolute Gasteiger partial charge is 0.497 e. The van der Waals surface area contributed by atoms with Gasteiger partial charge in [-0.2, -0.15) is 0 Å². The third-order valence-corrected chi connectivity index (χ3v) is 2.46. The van der Waals surface area contributed by atoms with Crippen LogP contribution in [0.3, 0.4) is 0 Å². The smallest absolute Gasteiger partial charge is 0.120 e. The molecule has 78 valence electrons. The second-order valence-corrected chi connectivity index (χ2v) is 3.63. The summed E-state index contributed by atoms with van der Waals surface area (Å²) in [5, 5.41) is 3.45. The topological polar surface area (TPSA) is 21.3 Å². The van der Waals surface area contributed by atoms with Crippen LogP contribution in [0, 0.1) is 6.92 Å². The van der Waals surface area contributed by atoms with Gasteiger partial charge in [-0.3, -0.25) is 0 Å². The highest BCUT2D eigenvalue weighted by atomic mass is 16.5. The first kappa shape index (κ1) is 10.9. The monoisotopic (exact) mass is 193 g/mol. The average Bonchev–Trinajstić information content (AvgIpc) is 2.21. The Bertz CT molecular complexity index is 296. The molecule has 0 bridgehead atoms. The van der Waals surface area contributed by atoms with Crippen LogP contribution < -0.4 is 10.1 Å². The molecule has 0 aliphatic heterocycles. The molecule has 1 atom stereocenters. The summed E-state index contributed by atoms with van der Waals surface area (Å²) in [5.41, 5.74) is 2.42. The van der Waals surface area contributed by atoms with Crippen molar-refractivity contribution in [1.82, 2.24) is 0 Å². The summed E-state index contributed by atoms with van der Waals surface area (Å²) in [6.45, 7) is 6.45. The first-order valence-corrected chi connectivity index (χ1v) is 5.08. The molecule has 0 saturated carbocycles. The third kappa shape index (κ3) is 2.66. The van der Waals surface area contributed by atoms with Gasteiger partial charge < -0.3 is 10.1 Å². The fourth-order valence-electron chi connectivity index (χ4n) is 1.25. The van der Waals surface area contributed by atoms with Crippen molar-refractivity contribution >= 4 is 5.69 Å². The van der Waals surface area contributed by atoms with E-state index >= 15 is 0 Å². The Hall–Kier alpha value is -1.18. The van der Waals surface area contributed by atoms with Crippen LogP contribution in [0.4, 0.5) is 5.69 Å². The van der Waals surface area contributed by atoms with Gasteiger partial charge in [0.2, 0.25) is 0 Å². The van der Waals surface area contributed by atoms with Gasteiger partial charge >= 0.3 is 0 Å². The van der Waals surface area contributed by atoms with Gasteiger partial charge in [0.15, 0.2) is 0 Å². The van der Waals surface area contributed by atoms with Crippen molar-refractivity contribution in [2.75, 3.05) is 12.4 Å². The molecule has 0 aliphatic carbocycles. The zero-order valence-corrected chi connectivity index (χ0v) is 9.42. The number of hydrogen-bond acceptors (Lipinski definition) is 2. The Balaban J connectivity index is 2.83. The van der Waals surface area contributed by atoms with Gasteiger partial charge in [0.1, 0.15) is 5.75 Å². The predicted molar refractivity (Wildman–Crippen MR) is 61.1 cm³/mol. The fourth-order valence-corrected chi connectivity index (χ4v) is 1.25. The first-order chi connectivity index (χ1) is 6.67. The number of nitrogens with one attached hydrogen (secondary N) is 1. The van der Waals surface area contributed by atoms with E-state index in [1.54, 1.807) is 7.11 Å². The molecule has 14 heavy (non-hydrogen) atoms. The van der Waals surface area contributed by atoms with E-state index in [0.29, 0.717) is 6.04 Å². The summed E-state index contributed by atoms with van der Waals surface area (Å²) in [4.78, 5) is 0. The summed E-state index contributed by atoms with van der Waals surface area (Å²) in [5.74, 6) is 0.904. The molecule has 0 heterocycles. The lowest BCUT2D eigenvalue weighted by molar-refractivity contribution is 0.415. The summed E-state index contributed by atoms with van der Waals surface area (Å²) < 4.78 is 5.19. The van der Waals surface area contributed by atoms with Gasteiger partial charge in [0.25, 0.3) is 0 Å². The third-order valence-electron chi connectivity index (χ3n) is 2.46. The molecular formula is C12H19NO. The van der Waals surface area contributed by atoms with Crippen LogP contribution in [0.5, 0.6) is 5.75 Å². The Kier molecular flexibility index (Phi) is 3.81. The molecule has 0 radical (unpaired) electrons. The van der Waals surface area contributed by atoms with Crippen molar-refractivity contribution in [3.05, 3.63) is 23.8 Å².